The van der Waals surface area contributed by atoms with E-state index in [0.29, 0.717) is 25.8 Å². The molecule has 0 radical (unpaired) electrons. The molecule has 0 spiro atoms. The number of para-hydroxylation sites is 1. The van der Waals surface area contributed by atoms with E-state index in [1.54, 1.807) is 6.20 Å². The Hall–Kier alpha value is -3.09. The maximum absolute atomic E-state index is 12.9. The Bertz CT molecular complexity index is 997. The van der Waals surface area contributed by atoms with Crippen molar-refractivity contribution in [1.82, 2.24) is 20.9 Å². The van der Waals surface area contributed by atoms with Gasteiger partial charge in [-0.1, -0.05) is 18.2 Å². The van der Waals surface area contributed by atoms with Crippen LogP contribution in [0.4, 0.5) is 0 Å². The van der Waals surface area contributed by atoms with Gasteiger partial charge >= 0.3 is 5.97 Å². The van der Waals surface area contributed by atoms with Crippen molar-refractivity contribution in [1.29, 1.82) is 0 Å². The summed E-state index contributed by atoms with van der Waals surface area (Å²) in [6.07, 6.45) is 3.59. The van der Waals surface area contributed by atoms with E-state index in [1.165, 1.54) is 0 Å². The number of rotatable bonds is 14. The zero-order valence-corrected chi connectivity index (χ0v) is 19.6. The topological polar surface area (TPSA) is 192 Å². The van der Waals surface area contributed by atoms with Gasteiger partial charge in [0.1, 0.15) is 18.6 Å². The first-order valence-electron chi connectivity index (χ1n) is 11.0. The molecule has 11 nitrogen and oxygen atoms in total. The molecule has 0 aliphatic rings. The Morgan fingerprint density at radius 3 is 2.41 bits per heavy atom. The molecule has 1 aromatic heterocycles. The second kappa shape index (κ2) is 13.6. The average Bonchev–Trinajstić information content (AvgIpc) is 3.22. The summed E-state index contributed by atoms with van der Waals surface area (Å²) in [5.41, 5.74) is 13.5. The Morgan fingerprint density at radius 1 is 1.03 bits per heavy atom. The lowest BCUT2D eigenvalue weighted by molar-refractivity contribution is -0.138. The van der Waals surface area contributed by atoms with Gasteiger partial charge in [-0.15, -0.1) is 0 Å². The molecule has 186 valence electrons. The number of unbranched alkanes of at least 4 members (excludes halogenated alkanes) is 1. The molecule has 2 rings (SSSR count). The van der Waals surface area contributed by atoms with E-state index in [4.69, 9.17) is 16.6 Å². The maximum atomic E-state index is 12.9. The minimum atomic E-state index is -1.21. The van der Waals surface area contributed by atoms with Crippen molar-refractivity contribution in [2.24, 2.45) is 11.5 Å². The lowest BCUT2D eigenvalue weighted by atomic mass is 10.0. The molecule has 2 aromatic rings. The van der Waals surface area contributed by atoms with Gasteiger partial charge in [0, 0.05) is 22.9 Å². The predicted molar refractivity (Wildman–Crippen MR) is 131 cm³/mol. The fourth-order valence-corrected chi connectivity index (χ4v) is 3.68. The van der Waals surface area contributed by atoms with Crippen LogP contribution < -0.4 is 27.4 Å². The van der Waals surface area contributed by atoms with E-state index in [2.05, 4.69) is 33.6 Å². The van der Waals surface area contributed by atoms with Gasteiger partial charge in [0.2, 0.25) is 17.7 Å². The molecule has 3 atom stereocenters. The van der Waals surface area contributed by atoms with Gasteiger partial charge in [-0.25, -0.2) is 0 Å². The molecule has 1 aromatic carbocycles. The number of nitrogens with one attached hydrogen (secondary N) is 4. The SMILES string of the molecule is NCCCCC(NC(=O)C(N)Cc1c[nH]c2ccccc12)C(=O)NC(CS)C(=O)NCC(=O)O. The first-order valence-corrected chi connectivity index (χ1v) is 11.6. The molecular formula is C22H32N6O5S. The highest BCUT2D eigenvalue weighted by atomic mass is 32.1. The number of H-pyrrole nitrogens is 1. The zero-order valence-electron chi connectivity index (χ0n) is 18.8. The van der Waals surface area contributed by atoms with E-state index >= 15 is 0 Å². The van der Waals surface area contributed by atoms with Crippen LogP contribution >= 0.6 is 12.6 Å². The number of aromatic amines is 1. The summed E-state index contributed by atoms with van der Waals surface area (Å²) in [6.45, 7) is -0.155. The second-order valence-electron chi connectivity index (χ2n) is 7.87. The normalized spacial score (nSPS) is 13.6. The van der Waals surface area contributed by atoms with Crippen molar-refractivity contribution < 1.29 is 24.3 Å². The van der Waals surface area contributed by atoms with Crippen molar-refractivity contribution in [3.63, 3.8) is 0 Å². The highest BCUT2D eigenvalue weighted by Crippen LogP contribution is 2.18. The highest BCUT2D eigenvalue weighted by Gasteiger charge is 2.27. The summed E-state index contributed by atoms with van der Waals surface area (Å²) in [5, 5.41) is 17.1. The Kier molecular flexibility index (Phi) is 10.8. The zero-order chi connectivity index (χ0) is 25.1. The smallest absolute Gasteiger partial charge is 0.322 e. The van der Waals surface area contributed by atoms with Crippen LogP contribution in [-0.2, 0) is 25.6 Å². The number of carbonyl (C=O) groups excluding carboxylic acids is 3. The van der Waals surface area contributed by atoms with E-state index in [-0.39, 0.29) is 12.2 Å². The molecule has 34 heavy (non-hydrogen) atoms. The van der Waals surface area contributed by atoms with Gasteiger partial charge < -0.3 is 37.5 Å². The van der Waals surface area contributed by atoms with Crippen molar-refractivity contribution in [3.8, 4) is 0 Å². The summed E-state index contributed by atoms with van der Waals surface area (Å²) >= 11 is 4.06. The van der Waals surface area contributed by atoms with Crippen LogP contribution in [0.1, 0.15) is 24.8 Å². The molecule has 0 aliphatic carbocycles. The van der Waals surface area contributed by atoms with Crippen molar-refractivity contribution in [2.45, 2.75) is 43.8 Å². The van der Waals surface area contributed by atoms with Crippen LogP contribution in [0.3, 0.4) is 0 Å². The first kappa shape index (κ1) is 27.2. The molecule has 0 saturated heterocycles. The Labute approximate surface area is 202 Å². The first-order chi connectivity index (χ1) is 16.3. The molecule has 0 aliphatic heterocycles. The van der Waals surface area contributed by atoms with Crippen molar-refractivity contribution in [3.05, 3.63) is 36.0 Å². The molecule has 3 amide bonds. The van der Waals surface area contributed by atoms with Crippen LogP contribution in [0.25, 0.3) is 10.9 Å². The summed E-state index contributed by atoms with van der Waals surface area (Å²) in [4.78, 5) is 51.6. The molecule has 9 N–H and O–H groups in total. The maximum Gasteiger partial charge on any atom is 0.322 e. The average molecular weight is 493 g/mol. The second-order valence-corrected chi connectivity index (χ2v) is 8.24. The number of fused-ring (bicyclic) bond motifs is 1. The summed E-state index contributed by atoms with van der Waals surface area (Å²) in [5.74, 6) is -3.05. The number of aliphatic carboxylic acids is 1. The monoisotopic (exact) mass is 492 g/mol. The van der Waals surface area contributed by atoms with Gasteiger partial charge in [-0.05, 0) is 43.9 Å². The van der Waals surface area contributed by atoms with Crippen molar-refractivity contribution >= 4 is 47.2 Å². The highest BCUT2D eigenvalue weighted by molar-refractivity contribution is 7.80. The Morgan fingerprint density at radius 2 is 1.74 bits per heavy atom. The molecule has 0 fully saturated rings. The summed E-state index contributed by atoms with van der Waals surface area (Å²) < 4.78 is 0. The number of amides is 3. The largest absolute Gasteiger partial charge is 0.480 e. The number of thiol groups is 1. The minimum Gasteiger partial charge on any atom is -0.480 e. The quantitative estimate of drug-likeness (QED) is 0.126. The lowest BCUT2D eigenvalue weighted by Gasteiger charge is -2.23. The molecule has 3 unspecified atom stereocenters. The van der Waals surface area contributed by atoms with Gasteiger partial charge in [0.05, 0.1) is 6.04 Å². The van der Waals surface area contributed by atoms with Crippen LogP contribution in [0.15, 0.2) is 30.5 Å². The number of carboxylic acid groups (broad SMARTS) is 1. The standard InChI is InChI=1S/C22H32N6O5S/c23-8-4-3-7-17(22(33)28-18(12-34)21(32)26-11-19(29)30)27-20(31)15(24)9-13-10-25-16-6-2-1-5-14(13)16/h1-2,5-6,10,15,17-18,25,34H,3-4,7-9,11-12,23-24H2,(H,26,32)(H,27,31)(H,28,33)(H,29,30). The molecule has 12 heteroatoms. The van der Waals surface area contributed by atoms with Gasteiger partial charge in [0.25, 0.3) is 0 Å². The number of benzene rings is 1. The molecular weight excluding hydrogens is 460 g/mol. The van der Waals surface area contributed by atoms with Crippen LogP contribution in [0.5, 0.6) is 0 Å². The number of carbonyl (C=O) groups is 4. The fourth-order valence-electron chi connectivity index (χ4n) is 3.42. The molecule has 0 saturated carbocycles. The van der Waals surface area contributed by atoms with E-state index in [9.17, 15) is 19.2 Å². The van der Waals surface area contributed by atoms with Crippen LogP contribution in [0, 0.1) is 0 Å². The summed E-state index contributed by atoms with van der Waals surface area (Å²) in [7, 11) is 0. The van der Waals surface area contributed by atoms with E-state index < -0.39 is 48.4 Å². The fraction of sp³-hybridized carbons (Fsp3) is 0.455. The Balaban J connectivity index is 2.03. The number of aromatic nitrogens is 1. The molecule has 1 heterocycles. The minimum absolute atomic E-state index is 0.0548. The van der Waals surface area contributed by atoms with E-state index in [0.717, 1.165) is 16.5 Å². The van der Waals surface area contributed by atoms with Crippen LogP contribution in [0.2, 0.25) is 0 Å². The van der Waals surface area contributed by atoms with Gasteiger partial charge in [-0.3, -0.25) is 19.2 Å². The van der Waals surface area contributed by atoms with Gasteiger partial charge in [0.15, 0.2) is 0 Å². The van der Waals surface area contributed by atoms with E-state index in [1.807, 2.05) is 24.3 Å². The lowest BCUT2D eigenvalue weighted by Crippen LogP contribution is -2.56. The third-order valence-corrected chi connectivity index (χ3v) is 5.63. The summed E-state index contributed by atoms with van der Waals surface area (Å²) in [6, 6.07) is 4.75. The van der Waals surface area contributed by atoms with Crippen molar-refractivity contribution in [2.75, 3.05) is 18.8 Å². The van der Waals surface area contributed by atoms with Gasteiger partial charge in [-0.2, -0.15) is 12.6 Å². The third kappa shape index (κ3) is 8.04. The number of hydrogen-bond acceptors (Lipinski definition) is 7. The number of hydrogen-bond donors (Lipinski definition) is 8. The number of nitrogens with two attached hydrogens (primary N) is 2. The third-order valence-electron chi connectivity index (χ3n) is 5.26. The van der Waals surface area contributed by atoms with Crippen LogP contribution in [-0.4, -0.2) is 70.7 Å². The predicted octanol–water partition coefficient (Wildman–Crippen LogP) is -0.733. The molecule has 0 bridgehead atoms. The number of carboxylic acids is 1.